The van der Waals surface area contributed by atoms with Gasteiger partial charge in [0.1, 0.15) is 24.7 Å². The van der Waals surface area contributed by atoms with Gasteiger partial charge in [-0.25, -0.2) is 4.39 Å². The van der Waals surface area contributed by atoms with Crippen molar-refractivity contribution in [2.24, 2.45) is 0 Å². The number of hydrogen-bond donors (Lipinski definition) is 0. The number of halogens is 1. The maximum absolute atomic E-state index is 14.4. The van der Waals surface area contributed by atoms with Crippen LogP contribution in [0.5, 0.6) is 5.75 Å². The van der Waals surface area contributed by atoms with E-state index in [0.29, 0.717) is 19.6 Å². The molecular formula is C28H31FN2O3S. The number of benzene rings is 2. The van der Waals surface area contributed by atoms with Crippen LogP contribution < -0.4 is 4.74 Å². The lowest BCUT2D eigenvalue weighted by atomic mass is 10.00. The number of rotatable bonds is 8. The average molecular weight is 495 g/mol. The fraction of sp³-hybridized carbons (Fsp3) is 0.357. The highest BCUT2D eigenvalue weighted by Crippen LogP contribution is 2.34. The summed E-state index contributed by atoms with van der Waals surface area (Å²) in [4.78, 5) is 31.5. The van der Waals surface area contributed by atoms with E-state index >= 15 is 0 Å². The third-order valence-electron chi connectivity index (χ3n) is 6.70. The van der Waals surface area contributed by atoms with Crippen LogP contribution in [-0.4, -0.2) is 47.4 Å². The number of carbonyl (C=O) groups is 2. The molecule has 1 aromatic heterocycles. The molecule has 2 aromatic carbocycles. The number of fused-ring (bicyclic) bond motifs is 1. The van der Waals surface area contributed by atoms with Crippen LogP contribution in [0.4, 0.5) is 4.39 Å². The minimum Gasteiger partial charge on any atom is -0.491 e. The fourth-order valence-electron chi connectivity index (χ4n) is 4.44. The second-order valence-corrected chi connectivity index (χ2v) is 9.90. The SMILES string of the molecule is CC[C@@H](C)N(CC(=O)N1CCc2sccc2[C@@H]1COc1ccccc1C)C(=O)c1ccccc1F. The first kappa shape index (κ1) is 24.9. The van der Waals surface area contributed by atoms with E-state index in [1.165, 1.54) is 21.9 Å². The largest absolute Gasteiger partial charge is 0.491 e. The Labute approximate surface area is 210 Å². The highest BCUT2D eigenvalue weighted by molar-refractivity contribution is 7.10. The van der Waals surface area contributed by atoms with Crippen molar-refractivity contribution >= 4 is 23.2 Å². The van der Waals surface area contributed by atoms with Crippen molar-refractivity contribution in [1.29, 1.82) is 0 Å². The molecule has 0 N–H and O–H groups in total. The second-order valence-electron chi connectivity index (χ2n) is 8.90. The van der Waals surface area contributed by atoms with Gasteiger partial charge in [0.2, 0.25) is 5.91 Å². The molecule has 0 fully saturated rings. The summed E-state index contributed by atoms with van der Waals surface area (Å²) < 4.78 is 20.6. The summed E-state index contributed by atoms with van der Waals surface area (Å²) in [6.45, 7) is 6.60. The number of thiophene rings is 1. The smallest absolute Gasteiger partial charge is 0.257 e. The van der Waals surface area contributed by atoms with Crippen LogP contribution in [0.25, 0.3) is 0 Å². The first-order valence-electron chi connectivity index (χ1n) is 12.0. The molecule has 0 aliphatic carbocycles. The van der Waals surface area contributed by atoms with Crippen molar-refractivity contribution in [3.63, 3.8) is 0 Å². The number of aryl methyl sites for hydroxylation is 1. The molecule has 5 nitrogen and oxygen atoms in total. The van der Waals surface area contributed by atoms with Gasteiger partial charge in [-0.05, 0) is 67.5 Å². The van der Waals surface area contributed by atoms with Crippen molar-refractivity contribution in [2.45, 2.75) is 45.7 Å². The van der Waals surface area contributed by atoms with E-state index in [9.17, 15) is 14.0 Å². The molecule has 35 heavy (non-hydrogen) atoms. The molecule has 0 spiro atoms. The minimum absolute atomic E-state index is 0.0150. The number of hydrogen-bond acceptors (Lipinski definition) is 4. The van der Waals surface area contributed by atoms with Crippen LogP contribution in [0.1, 0.15) is 52.7 Å². The van der Waals surface area contributed by atoms with Gasteiger partial charge in [-0.3, -0.25) is 9.59 Å². The molecule has 0 unspecified atom stereocenters. The number of para-hydroxylation sites is 1. The number of ether oxygens (including phenoxy) is 1. The molecule has 2 amide bonds. The third-order valence-corrected chi connectivity index (χ3v) is 7.70. The highest BCUT2D eigenvalue weighted by Gasteiger charge is 2.34. The highest BCUT2D eigenvalue weighted by atomic mass is 32.1. The molecule has 2 atom stereocenters. The Morgan fingerprint density at radius 3 is 2.66 bits per heavy atom. The molecule has 0 radical (unpaired) electrons. The summed E-state index contributed by atoms with van der Waals surface area (Å²) in [5, 5.41) is 2.05. The van der Waals surface area contributed by atoms with E-state index < -0.39 is 11.7 Å². The van der Waals surface area contributed by atoms with Crippen LogP contribution in [0.15, 0.2) is 60.0 Å². The van der Waals surface area contributed by atoms with E-state index in [0.717, 1.165) is 23.3 Å². The van der Waals surface area contributed by atoms with Gasteiger partial charge in [0, 0.05) is 17.5 Å². The molecule has 7 heteroatoms. The van der Waals surface area contributed by atoms with Gasteiger partial charge in [0.15, 0.2) is 0 Å². The van der Waals surface area contributed by atoms with Gasteiger partial charge in [0.05, 0.1) is 11.6 Å². The fourth-order valence-corrected chi connectivity index (χ4v) is 5.36. The summed E-state index contributed by atoms with van der Waals surface area (Å²) in [6.07, 6.45) is 1.42. The molecule has 2 heterocycles. The lowest BCUT2D eigenvalue weighted by Gasteiger charge is -2.38. The Morgan fingerprint density at radius 2 is 1.91 bits per heavy atom. The van der Waals surface area contributed by atoms with E-state index in [4.69, 9.17) is 4.74 Å². The molecule has 0 bridgehead atoms. The lowest BCUT2D eigenvalue weighted by molar-refractivity contribution is -0.136. The van der Waals surface area contributed by atoms with Crippen molar-refractivity contribution in [3.8, 4) is 5.75 Å². The summed E-state index contributed by atoms with van der Waals surface area (Å²) in [6, 6.07) is 15.3. The van der Waals surface area contributed by atoms with Crippen LogP contribution in [0.2, 0.25) is 0 Å². The van der Waals surface area contributed by atoms with Gasteiger partial charge in [-0.15, -0.1) is 11.3 Å². The zero-order valence-electron chi connectivity index (χ0n) is 20.4. The number of carbonyl (C=O) groups excluding carboxylic acids is 2. The molecule has 1 aliphatic rings. The van der Waals surface area contributed by atoms with Gasteiger partial charge in [0.25, 0.3) is 5.91 Å². The monoisotopic (exact) mass is 494 g/mol. The van der Waals surface area contributed by atoms with Gasteiger partial charge in [-0.1, -0.05) is 37.3 Å². The normalized spacial score (nSPS) is 15.9. The van der Waals surface area contributed by atoms with Crippen molar-refractivity contribution in [2.75, 3.05) is 19.7 Å². The van der Waals surface area contributed by atoms with E-state index in [1.54, 1.807) is 23.5 Å². The quantitative estimate of drug-likeness (QED) is 0.407. The summed E-state index contributed by atoms with van der Waals surface area (Å²) in [5.41, 5.74) is 2.11. The van der Waals surface area contributed by atoms with Crippen LogP contribution in [0, 0.1) is 12.7 Å². The minimum atomic E-state index is -0.580. The van der Waals surface area contributed by atoms with Gasteiger partial charge in [-0.2, -0.15) is 0 Å². The summed E-state index contributed by atoms with van der Waals surface area (Å²) in [5.74, 6) is -0.418. The molecule has 3 aromatic rings. The first-order chi connectivity index (χ1) is 16.9. The molecular weight excluding hydrogens is 463 g/mol. The number of amides is 2. The zero-order valence-corrected chi connectivity index (χ0v) is 21.2. The Hall–Kier alpha value is -3.19. The van der Waals surface area contributed by atoms with Crippen LogP contribution in [-0.2, 0) is 11.2 Å². The van der Waals surface area contributed by atoms with Crippen molar-refractivity contribution in [1.82, 2.24) is 9.80 Å². The van der Waals surface area contributed by atoms with Gasteiger partial charge < -0.3 is 14.5 Å². The maximum atomic E-state index is 14.4. The second kappa shape index (κ2) is 11.0. The van der Waals surface area contributed by atoms with Crippen LogP contribution in [0.3, 0.4) is 0 Å². The number of nitrogens with zero attached hydrogens (tertiary/aromatic N) is 2. The van der Waals surface area contributed by atoms with Gasteiger partial charge >= 0.3 is 0 Å². The van der Waals surface area contributed by atoms with E-state index in [-0.39, 0.29) is 30.1 Å². The third kappa shape index (κ3) is 5.40. The Bertz CT molecular complexity index is 1190. The van der Waals surface area contributed by atoms with Crippen molar-refractivity contribution in [3.05, 3.63) is 87.4 Å². The molecule has 4 rings (SSSR count). The lowest BCUT2D eigenvalue weighted by Crippen LogP contribution is -2.50. The Balaban J connectivity index is 1.57. The van der Waals surface area contributed by atoms with E-state index in [1.807, 2.05) is 55.3 Å². The summed E-state index contributed by atoms with van der Waals surface area (Å²) in [7, 11) is 0. The predicted octanol–water partition coefficient (Wildman–Crippen LogP) is 5.64. The topological polar surface area (TPSA) is 49.9 Å². The summed E-state index contributed by atoms with van der Waals surface area (Å²) >= 11 is 1.69. The van der Waals surface area contributed by atoms with Crippen molar-refractivity contribution < 1.29 is 18.7 Å². The molecule has 0 saturated carbocycles. The maximum Gasteiger partial charge on any atom is 0.257 e. The predicted molar refractivity (Wildman–Crippen MR) is 136 cm³/mol. The van der Waals surface area contributed by atoms with E-state index in [2.05, 4.69) is 6.07 Å². The first-order valence-corrected chi connectivity index (χ1v) is 12.9. The average Bonchev–Trinajstić information content (AvgIpc) is 3.35. The molecule has 1 aliphatic heterocycles. The Morgan fingerprint density at radius 1 is 1.17 bits per heavy atom. The Kier molecular flexibility index (Phi) is 7.86. The standard InChI is InChI=1S/C28H31FN2O3S/c1-4-20(3)31(28(33)21-10-6-7-11-23(21)29)17-27(32)30-15-13-26-22(14-16-35-26)24(30)18-34-25-12-8-5-9-19(25)2/h5-12,14,16,20,24H,4,13,15,17-18H2,1-3H3/t20-,24+/m1/s1. The molecule has 184 valence electrons. The van der Waals surface area contributed by atoms with Crippen LogP contribution >= 0.6 is 11.3 Å². The zero-order chi connectivity index (χ0) is 24.9. The molecule has 0 saturated heterocycles.